The highest BCUT2D eigenvalue weighted by Gasteiger charge is 1.99. The third-order valence-corrected chi connectivity index (χ3v) is 3.43. The van der Waals surface area contributed by atoms with Crippen molar-refractivity contribution in [3.8, 4) is 0 Å². The van der Waals surface area contributed by atoms with E-state index in [0.29, 0.717) is 5.15 Å². The maximum absolute atomic E-state index is 5.83. The van der Waals surface area contributed by atoms with Gasteiger partial charge >= 0.3 is 0 Å². The van der Waals surface area contributed by atoms with Gasteiger partial charge in [-0.15, -0.1) is 21.5 Å². The lowest BCUT2D eigenvalue weighted by Gasteiger charge is -2.02. The Hall–Kier alpha value is -0.840. The van der Waals surface area contributed by atoms with Crippen LogP contribution in [0.2, 0.25) is 9.49 Å². The molecule has 0 saturated heterocycles. The van der Waals surface area contributed by atoms with E-state index >= 15 is 0 Å². The first kappa shape index (κ1) is 11.6. The Morgan fingerprint density at radius 2 is 2.00 bits per heavy atom. The molecule has 0 aliphatic heterocycles. The molecule has 0 aliphatic carbocycles. The topological polar surface area (TPSA) is 37.8 Å². The van der Waals surface area contributed by atoms with E-state index in [9.17, 15) is 0 Å². The van der Waals surface area contributed by atoms with Gasteiger partial charge in [0.05, 0.1) is 4.34 Å². The number of aromatic nitrogens is 2. The van der Waals surface area contributed by atoms with Crippen LogP contribution in [0.25, 0.3) is 0 Å². The molecule has 0 fully saturated rings. The van der Waals surface area contributed by atoms with Crippen LogP contribution in [0, 0.1) is 0 Å². The third-order valence-electron chi connectivity index (χ3n) is 1.94. The van der Waals surface area contributed by atoms with Gasteiger partial charge in [0.1, 0.15) is 5.82 Å². The lowest BCUT2D eigenvalue weighted by molar-refractivity contribution is 0.977. The molecule has 2 aromatic heterocycles. The van der Waals surface area contributed by atoms with Gasteiger partial charge in [-0.2, -0.15) is 0 Å². The molecular formula is C10H9Cl2N3S. The first-order chi connectivity index (χ1) is 7.74. The van der Waals surface area contributed by atoms with Crippen LogP contribution in [0.3, 0.4) is 0 Å². The Morgan fingerprint density at radius 3 is 2.62 bits per heavy atom. The van der Waals surface area contributed by atoms with Gasteiger partial charge in [0.25, 0.3) is 0 Å². The Balaban J connectivity index is 1.82. The van der Waals surface area contributed by atoms with E-state index in [1.54, 1.807) is 23.5 Å². The number of thiophene rings is 1. The van der Waals surface area contributed by atoms with Gasteiger partial charge in [-0.3, -0.25) is 0 Å². The molecule has 2 aromatic rings. The van der Waals surface area contributed by atoms with E-state index in [0.717, 1.165) is 23.1 Å². The van der Waals surface area contributed by atoms with Crippen molar-refractivity contribution in [3.05, 3.63) is 38.6 Å². The number of hydrogen-bond acceptors (Lipinski definition) is 4. The summed E-state index contributed by atoms with van der Waals surface area (Å²) in [7, 11) is 0. The maximum atomic E-state index is 5.83. The third kappa shape index (κ3) is 3.33. The summed E-state index contributed by atoms with van der Waals surface area (Å²) in [5, 5.41) is 11.2. The fourth-order valence-electron chi connectivity index (χ4n) is 1.21. The predicted molar refractivity (Wildman–Crippen MR) is 68.6 cm³/mol. The molecule has 16 heavy (non-hydrogen) atoms. The second kappa shape index (κ2) is 5.48. The summed E-state index contributed by atoms with van der Waals surface area (Å²) in [5.74, 6) is 0.729. The summed E-state index contributed by atoms with van der Waals surface area (Å²) in [5.41, 5.74) is 0. The monoisotopic (exact) mass is 273 g/mol. The Bertz CT molecular complexity index is 455. The molecule has 0 aromatic carbocycles. The Morgan fingerprint density at radius 1 is 1.12 bits per heavy atom. The highest BCUT2D eigenvalue weighted by molar-refractivity contribution is 7.16. The van der Waals surface area contributed by atoms with Crippen molar-refractivity contribution in [3.63, 3.8) is 0 Å². The zero-order valence-electron chi connectivity index (χ0n) is 8.28. The molecule has 0 radical (unpaired) electrons. The first-order valence-corrected chi connectivity index (χ1v) is 6.28. The van der Waals surface area contributed by atoms with Gasteiger partial charge in [0.2, 0.25) is 0 Å². The molecule has 0 bridgehead atoms. The van der Waals surface area contributed by atoms with Crippen LogP contribution in [0.4, 0.5) is 5.82 Å². The molecule has 6 heteroatoms. The van der Waals surface area contributed by atoms with Gasteiger partial charge in [-0.05, 0) is 30.7 Å². The van der Waals surface area contributed by atoms with Gasteiger partial charge < -0.3 is 5.32 Å². The summed E-state index contributed by atoms with van der Waals surface area (Å²) in [6.07, 6.45) is 0.918. The molecule has 0 atom stereocenters. The van der Waals surface area contributed by atoms with Crippen LogP contribution < -0.4 is 5.32 Å². The fourth-order valence-corrected chi connectivity index (χ4v) is 2.40. The lowest BCUT2D eigenvalue weighted by Crippen LogP contribution is -2.05. The quantitative estimate of drug-likeness (QED) is 0.927. The maximum Gasteiger partial charge on any atom is 0.151 e. The Labute approximate surface area is 107 Å². The van der Waals surface area contributed by atoms with Crippen molar-refractivity contribution in [1.29, 1.82) is 0 Å². The molecule has 0 saturated carbocycles. The van der Waals surface area contributed by atoms with Gasteiger partial charge in [-0.1, -0.05) is 23.2 Å². The van der Waals surface area contributed by atoms with E-state index in [1.165, 1.54) is 4.88 Å². The lowest BCUT2D eigenvalue weighted by atomic mass is 10.3. The SMILES string of the molecule is Clc1ccc(NCCc2ccc(Cl)s2)nn1. The predicted octanol–water partition coefficient (Wildman–Crippen LogP) is 3.50. The van der Waals surface area contributed by atoms with Gasteiger partial charge in [0.15, 0.2) is 5.15 Å². The van der Waals surface area contributed by atoms with Crippen LogP contribution in [0.5, 0.6) is 0 Å². The van der Waals surface area contributed by atoms with E-state index in [2.05, 4.69) is 15.5 Å². The highest BCUT2D eigenvalue weighted by Crippen LogP contribution is 2.21. The molecule has 0 aliphatic rings. The van der Waals surface area contributed by atoms with Crippen molar-refractivity contribution in [2.24, 2.45) is 0 Å². The number of nitrogens with zero attached hydrogens (tertiary/aromatic N) is 2. The smallest absolute Gasteiger partial charge is 0.151 e. The van der Waals surface area contributed by atoms with E-state index in [1.807, 2.05) is 12.1 Å². The fraction of sp³-hybridized carbons (Fsp3) is 0.200. The van der Waals surface area contributed by atoms with Crippen molar-refractivity contribution in [1.82, 2.24) is 10.2 Å². The summed E-state index contributed by atoms with van der Waals surface area (Å²) in [6, 6.07) is 7.45. The molecule has 1 N–H and O–H groups in total. The normalized spacial score (nSPS) is 10.4. The summed E-state index contributed by atoms with van der Waals surface area (Å²) in [6.45, 7) is 0.799. The van der Waals surface area contributed by atoms with Crippen LogP contribution >= 0.6 is 34.5 Å². The van der Waals surface area contributed by atoms with Crippen molar-refractivity contribution in [2.45, 2.75) is 6.42 Å². The van der Waals surface area contributed by atoms with Crippen LogP contribution in [0.15, 0.2) is 24.3 Å². The standard InChI is InChI=1S/C10H9Cl2N3S/c11-8-2-4-10(15-14-8)13-6-5-7-1-3-9(12)16-7/h1-4H,5-6H2,(H,13,15). The van der Waals surface area contributed by atoms with Crippen molar-refractivity contribution >= 4 is 40.4 Å². The number of nitrogens with one attached hydrogen (secondary N) is 1. The number of hydrogen-bond donors (Lipinski definition) is 1. The zero-order valence-corrected chi connectivity index (χ0v) is 10.6. The minimum Gasteiger partial charge on any atom is -0.368 e. The molecule has 3 nitrogen and oxygen atoms in total. The highest BCUT2D eigenvalue weighted by atomic mass is 35.5. The molecular weight excluding hydrogens is 265 g/mol. The molecule has 0 unspecified atom stereocenters. The van der Waals surface area contributed by atoms with Gasteiger partial charge in [-0.25, -0.2) is 0 Å². The number of anilines is 1. The average molecular weight is 274 g/mol. The second-order valence-electron chi connectivity index (χ2n) is 3.12. The second-order valence-corrected chi connectivity index (χ2v) is 5.31. The number of rotatable bonds is 4. The van der Waals surface area contributed by atoms with E-state index in [4.69, 9.17) is 23.2 Å². The van der Waals surface area contributed by atoms with E-state index in [-0.39, 0.29) is 0 Å². The first-order valence-electron chi connectivity index (χ1n) is 4.71. The number of halogens is 2. The summed E-state index contributed by atoms with van der Waals surface area (Å²) >= 11 is 13.1. The summed E-state index contributed by atoms with van der Waals surface area (Å²) in [4.78, 5) is 1.25. The van der Waals surface area contributed by atoms with Crippen LogP contribution in [-0.4, -0.2) is 16.7 Å². The molecule has 0 amide bonds. The van der Waals surface area contributed by atoms with Crippen LogP contribution in [0.1, 0.15) is 4.88 Å². The van der Waals surface area contributed by atoms with E-state index < -0.39 is 0 Å². The molecule has 2 heterocycles. The van der Waals surface area contributed by atoms with Crippen LogP contribution in [-0.2, 0) is 6.42 Å². The summed E-state index contributed by atoms with van der Waals surface area (Å²) < 4.78 is 0.821. The zero-order chi connectivity index (χ0) is 11.4. The molecule has 0 spiro atoms. The van der Waals surface area contributed by atoms with Crippen molar-refractivity contribution < 1.29 is 0 Å². The minimum atomic E-state index is 0.399. The minimum absolute atomic E-state index is 0.399. The average Bonchev–Trinajstić information content (AvgIpc) is 2.67. The molecule has 84 valence electrons. The Kier molecular flexibility index (Phi) is 3.98. The largest absolute Gasteiger partial charge is 0.368 e. The van der Waals surface area contributed by atoms with Gasteiger partial charge in [0, 0.05) is 11.4 Å². The molecule has 2 rings (SSSR count). The van der Waals surface area contributed by atoms with Crippen molar-refractivity contribution in [2.75, 3.05) is 11.9 Å².